The second-order valence-corrected chi connectivity index (χ2v) is 4.48. The van der Waals surface area contributed by atoms with E-state index in [1.165, 1.54) is 0 Å². The summed E-state index contributed by atoms with van der Waals surface area (Å²) in [4.78, 5) is 3.74. The Hall–Kier alpha value is -0.920. The zero-order valence-electron chi connectivity index (χ0n) is 8.90. The number of aryl methyl sites for hydroxylation is 1. The first-order valence-corrected chi connectivity index (χ1v) is 4.46. The Morgan fingerprint density at radius 2 is 1.77 bits per heavy atom. The lowest BCUT2D eigenvalue weighted by Crippen LogP contribution is -2.17. The summed E-state index contributed by atoms with van der Waals surface area (Å²) in [5.41, 5.74) is 2.62. The van der Waals surface area contributed by atoms with E-state index in [2.05, 4.69) is 4.98 Å². The van der Waals surface area contributed by atoms with Crippen molar-refractivity contribution in [3.8, 4) is 0 Å². The van der Waals surface area contributed by atoms with Gasteiger partial charge in [-0.2, -0.15) is 4.39 Å². The highest BCUT2D eigenvalue weighted by molar-refractivity contribution is 5.35. The minimum absolute atomic E-state index is 0.173. The molecule has 0 unspecified atom stereocenters. The van der Waals surface area contributed by atoms with Gasteiger partial charge in [0.05, 0.1) is 0 Å². The molecule has 0 N–H and O–H groups in total. The Bertz CT molecular complexity index is 324. The smallest absolute Gasteiger partial charge is 0.216 e. The average Bonchev–Trinajstić information content (AvgIpc) is 1.95. The molecule has 0 aromatic carbocycles. The normalized spacial score (nSPS) is 11.8. The molecule has 1 nitrogen and oxygen atoms in total. The van der Waals surface area contributed by atoms with Crippen molar-refractivity contribution in [3.05, 3.63) is 28.8 Å². The summed E-state index contributed by atoms with van der Waals surface area (Å²) in [5.74, 6) is -0.337. The quantitative estimate of drug-likeness (QED) is 0.560. The van der Waals surface area contributed by atoms with E-state index < -0.39 is 0 Å². The first-order valence-electron chi connectivity index (χ1n) is 4.46. The third-order valence-corrected chi connectivity index (χ3v) is 2.29. The van der Waals surface area contributed by atoms with Crippen molar-refractivity contribution >= 4 is 0 Å². The van der Waals surface area contributed by atoms with E-state index in [-0.39, 0.29) is 11.4 Å². The van der Waals surface area contributed by atoms with Crippen LogP contribution < -0.4 is 0 Å². The van der Waals surface area contributed by atoms with Gasteiger partial charge < -0.3 is 0 Å². The molecule has 1 rings (SSSR count). The van der Waals surface area contributed by atoms with Crippen LogP contribution in [0.1, 0.15) is 37.5 Å². The van der Waals surface area contributed by atoms with E-state index in [1.54, 1.807) is 6.20 Å². The fourth-order valence-electron chi connectivity index (χ4n) is 1.54. The van der Waals surface area contributed by atoms with Crippen molar-refractivity contribution in [2.45, 2.75) is 40.0 Å². The zero-order valence-corrected chi connectivity index (χ0v) is 8.90. The first-order chi connectivity index (χ1) is 5.84. The molecule has 0 aliphatic heterocycles. The van der Waals surface area contributed by atoms with E-state index in [4.69, 9.17) is 0 Å². The Labute approximate surface area is 79.0 Å². The summed E-state index contributed by atoms with van der Waals surface area (Å²) in [6.07, 6.45) is 1.58. The fourth-order valence-corrected chi connectivity index (χ4v) is 1.54. The molecule has 1 heterocycles. The fraction of sp³-hybridized carbons (Fsp3) is 0.545. The van der Waals surface area contributed by atoms with Gasteiger partial charge in [-0.1, -0.05) is 20.8 Å². The molecule has 0 aliphatic carbocycles. The number of rotatable bonds is 0. The number of hydrogen-bond donors (Lipinski definition) is 0. The lowest BCUT2D eigenvalue weighted by molar-refractivity contribution is 0.494. The standard InChI is InChI=1S/C11H16FN/c1-7-6-13-10(12)9(8(7)2)11(3,4)5/h6H,1-5H3. The maximum Gasteiger partial charge on any atom is 0.216 e. The molecular formula is C11H16FN. The van der Waals surface area contributed by atoms with Crippen LogP contribution in [0, 0.1) is 19.8 Å². The number of halogens is 1. The molecule has 0 radical (unpaired) electrons. The highest BCUT2D eigenvalue weighted by atomic mass is 19.1. The largest absolute Gasteiger partial charge is 0.228 e. The predicted molar refractivity (Wildman–Crippen MR) is 52.4 cm³/mol. The summed E-state index contributed by atoms with van der Waals surface area (Å²) in [5, 5.41) is 0. The van der Waals surface area contributed by atoms with Crippen LogP contribution in [0.5, 0.6) is 0 Å². The zero-order chi connectivity index (χ0) is 10.2. The Balaban J connectivity index is 3.43. The van der Waals surface area contributed by atoms with Crippen molar-refractivity contribution in [1.29, 1.82) is 0 Å². The Morgan fingerprint density at radius 1 is 1.23 bits per heavy atom. The third-order valence-electron chi connectivity index (χ3n) is 2.29. The van der Waals surface area contributed by atoms with Crippen molar-refractivity contribution in [3.63, 3.8) is 0 Å². The molecule has 0 atom stereocenters. The summed E-state index contributed by atoms with van der Waals surface area (Å²) in [7, 11) is 0. The molecule has 13 heavy (non-hydrogen) atoms. The molecule has 0 amide bonds. The van der Waals surface area contributed by atoms with Crippen LogP contribution in [0.25, 0.3) is 0 Å². The van der Waals surface area contributed by atoms with Gasteiger partial charge in [-0.3, -0.25) is 0 Å². The molecule has 0 saturated carbocycles. The molecule has 0 spiro atoms. The van der Waals surface area contributed by atoms with Gasteiger partial charge in [0, 0.05) is 11.8 Å². The van der Waals surface area contributed by atoms with Crippen molar-refractivity contribution in [1.82, 2.24) is 4.98 Å². The van der Waals surface area contributed by atoms with Crippen LogP contribution in [0.15, 0.2) is 6.20 Å². The van der Waals surface area contributed by atoms with E-state index in [9.17, 15) is 4.39 Å². The highest BCUT2D eigenvalue weighted by Crippen LogP contribution is 2.28. The molecule has 0 bridgehead atoms. The van der Waals surface area contributed by atoms with Gasteiger partial charge in [-0.15, -0.1) is 0 Å². The topological polar surface area (TPSA) is 12.9 Å². The lowest BCUT2D eigenvalue weighted by atomic mass is 9.84. The lowest BCUT2D eigenvalue weighted by Gasteiger charge is -2.22. The van der Waals surface area contributed by atoms with Gasteiger partial charge in [0.25, 0.3) is 0 Å². The molecule has 1 aromatic heterocycles. The van der Waals surface area contributed by atoms with Crippen LogP contribution in [0.3, 0.4) is 0 Å². The van der Waals surface area contributed by atoms with E-state index in [0.717, 1.165) is 16.7 Å². The number of aromatic nitrogens is 1. The molecule has 0 aliphatic rings. The monoisotopic (exact) mass is 181 g/mol. The summed E-state index contributed by atoms with van der Waals surface area (Å²) in [6.45, 7) is 9.90. The molecule has 2 heteroatoms. The SMILES string of the molecule is Cc1cnc(F)c(C(C)(C)C)c1C. The second-order valence-electron chi connectivity index (χ2n) is 4.48. The maximum absolute atomic E-state index is 13.4. The van der Waals surface area contributed by atoms with Crippen molar-refractivity contribution < 1.29 is 4.39 Å². The minimum atomic E-state index is -0.337. The first kappa shape index (κ1) is 10.2. The second kappa shape index (κ2) is 3.09. The molecule has 0 saturated heterocycles. The number of nitrogens with zero attached hydrogens (tertiary/aromatic N) is 1. The Morgan fingerprint density at radius 3 is 2.15 bits per heavy atom. The van der Waals surface area contributed by atoms with Crippen LogP contribution in [0.4, 0.5) is 4.39 Å². The van der Waals surface area contributed by atoms with Gasteiger partial charge in [-0.25, -0.2) is 4.98 Å². The summed E-state index contributed by atoms with van der Waals surface area (Å²) < 4.78 is 13.4. The van der Waals surface area contributed by atoms with Crippen LogP contribution in [-0.4, -0.2) is 4.98 Å². The minimum Gasteiger partial charge on any atom is -0.228 e. The van der Waals surface area contributed by atoms with E-state index >= 15 is 0 Å². The summed E-state index contributed by atoms with van der Waals surface area (Å²) >= 11 is 0. The molecule has 1 aromatic rings. The van der Waals surface area contributed by atoms with Gasteiger partial charge in [0.1, 0.15) is 0 Å². The van der Waals surface area contributed by atoms with Gasteiger partial charge in [0.2, 0.25) is 5.95 Å². The van der Waals surface area contributed by atoms with Crippen LogP contribution in [0.2, 0.25) is 0 Å². The molecular weight excluding hydrogens is 165 g/mol. The molecule has 0 fully saturated rings. The van der Waals surface area contributed by atoms with Crippen LogP contribution >= 0.6 is 0 Å². The van der Waals surface area contributed by atoms with Crippen molar-refractivity contribution in [2.75, 3.05) is 0 Å². The van der Waals surface area contributed by atoms with Gasteiger partial charge in [-0.05, 0) is 30.4 Å². The van der Waals surface area contributed by atoms with E-state index in [0.29, 0.717) is 0 Å². The van der Waals surface area contributed by atoms with Crippen molar-refractivity contribution in [2.24, 2.45) is 0 Å². The maximum atomic E-state index is 13.4. The van der Waals surface area contributed by atoms with Gasteiger partial charge >= 0.3 is 0 Å². The summed E-state index contributed by atoms with van der Waals surface area (Å²) in [6, 6.07) is 0. The Kier molecular flexibility index (Phi) is 2.42. The molecule has 72 valence electrons. The average molecular weight is 181 g/mol. The van der Waals surface area contributed by atoms with Crippen LogP contribution in [-0.2, 0) is 5.41 Å². The van der Waals surface area contributed by atoms with E-state index in [1.807, 2.05) is 34.6 Å². The third kappa shape index (κ3) is 1.87. The van der Waals surface area contributed by atoms with Gasteiger partial charge in [0.15, 0.2) is 0 Å². The number of pyridine rings is 1. The predicted octanol–water partition coefficient (Wildman–Crippen LogP) is 3.14. The highest BCUT2D eigenvalue weighted by Gasteiger charge is 2.22. The number of hydrogen-bond acceptors (Lipinski definition) is 1.